The number of nitrogens with one attached hydrogen (secondary N) is 1. The number of fused-ring (bicyclic) bond motifs is 2. The van der Waals surface area contributed by atoms with Crippen molar-refractivity contribution in [2.45, 2.75) is 50.9 Å². The standard InChI is InChI=1S/C27H30N4O/c28-16-18-8-9-20-15-26(27(32)30-23-12-10-22(29)11-13-23)31(25(20)14-18)17-21-6-3-5-19-4-1-2-7-24(19)21/h1-9,14-15,22-23H,10-13,16-17,28-29H2,(H,30,32)/t22-,23+. The molecule has 0 spiro atoms. The van der Waals surface area contributed by atoms with Gasteiger partial charge in [-0.1, -0.05) is 54.6 Å². The van der Waals surface area contributed by atoms with Crippen LogP contribution < -0.4 is 16.8 Å². The molecule has 0 aliphatic heterocycles. The zero-order valence-electron chi connectivity index (χ0n) is 18.3. The Morgan fingerprint density at radius 2 is 1.72 bits per heavy atom. The molecule has 0 bridgehead atoms. The van der Waals surface area contributed by atoms with Gasteiger partial charge in [0.05, 0.1) is 0 Å². The van der Waals surface area contributed by atoms with Crippen molar-refractivity contribution in [1.82, 2.24) is 9.88 Å². The summed E-state index contributed by atoms with van der Waals surface area (Å²) in [6.07, 6.45) is 3.80. The highest BCUT2D eigenvalue weighted by Crippen LogP contribution is 2.26. The number of nitrogens with zero attached hydrogens (tertiary/aromatic N) is 1. The van der Waals surface area contributed by atoms with Gasteiger partial charge in [0.1, 0.15) is 5.69 Å². The molecular weight excluding hydrogens is 396 g/mol. The van der Waals surface area contributed by atoms with Crippen LogP contribution in [-0.4, -0.2) is 22.6 Å². The molecule has 1 amide bonds. The maximum absolute atomic E-state index is 13.4. The number of nitrogens with two attached hydrogens (primary N) is 2. The highest BCUT2D eigenvalue weighted by molar-refractivity contribution is 5.99. The zero-order chi connectivity index (χ0) is 22.1. The number of rotatable bonds is 5. The third-order valence-electron chi connectivity index (χ3n) is 6.75. The lowest BCUT2D eigenvalue weighted by Gasteiger charge is -2.27. The molecule has 1 aromatic heterocycles. The molecule has 0 atom stereocenters. The van der Waals surface area contributed by atoms with Gasteiger partial charge in [-0.05, 0) is 59.7 Å². The number of carbonyl (C=O) groups excluding carboxylic acids is 1. The van der Waals surface area contributed by atoms with Crippen LogP contribution in [-0.2, 0) is 13.1 Å². The second-order valence-electron chi connectivity index (χ2n) is 8.94. The van der Waals surface area contributed by atoms with E-state index in [1.165, 1.54) is 16.3 Å². The lowest BCUT2D eigenvalue weighted by molar-refractivity contribution is 0.0917. The normalized spacial score (nSPS) is 18.8. The average molecular weight is 427 g/mol. The molecule has 3 aromatic carbocycles. The highest BCUT2D eigenvalue weighted by Gasteiger charge is 2.23. The zero-order valence-corrected chi connectivity index (χ0v) is 18.3. The summed E-state index contributed by atoms with van der Waals surface area (Å²) in [5, 5.41) is 6.73. The van der Waals surface area contributed by atoms with Crippen LogP contribution in [0.15, 0.2) is 66.7 Å². The van der Waals surface area contributed by atoms with E-state index in [1.807, 2.05) is 12.1 Å². The van der Waals surface area contributed by atoms with Gasteiger partial charge >= 0.3 is 0 Å². The summed E-state index contributed by atoms with van der Waals surface area (Å²) in [7, 11) is 0. The summed E-state index contributed by atoms with van der Waals surface area (Å²) in [6, 6.07) is 23.4. The first-order chi connectivity index (χ1) is 15.6. The topological polar surface area (TPSA) is 86.1 Å². The summed E-state index contributed by atoms with van der Waals surface area (Å²) in [6.45, 7) is 1.09. The van der Waals surface area contributed by atoms with E-state index >= 15 is 0 Å². The van der Waals surface area contributed by atoms with E-state index in [0.29, 0.717) is 18.8 Å². The van der Waals surface area contributed by atoms with E-state index in [-0.39, 0.29) is 18.0 Å². The molecule has 5 nitrogen and oxygen atoms in total. The van der Waals surface area contributed by atoms with Gasteiger partial charge in [-0.25, -0.2) is 0 Å². The van der Waals surface area contributed by atoms with Crippen LogP contribution in [0.2, 0.25) is 0 Å². The minimum atomic E-state index is -0.0174. The number of hydrogen-bond donors (Lipinski definition) is 3. The SMILES string of the molecule is NCc1ccc2cc(C(=O)N[C@H]3CC[C@@H](N)CC3)n(Cc3cccc4ccccc34)c2c1. The van der Waals surface area contributed by atoms with Crippen molar-refractivity contribution in [3.05, 3.63) is 83.6 Å². The van der Waals surface area contributed by atoms with Gasteiger partial charge in [0, 0.05) is 36.1 Å². The summed E-state index contributed by atoms with van der Waals surface area (Å²) in [4.78, 5) is 13.4. The Morgan fingerprint density at radius 1 is 0.938 bits per heavy atom. The Morgan fingerprint density at radius 3 is 2.53 bits per heavy atom. The van der Waals surface area contributed by atoms with E-state index in [2.05, 4.69) is 64.5 Å². The molecule has 0 saturated heterocycles. The fourth-order valence-electron chi connectivity index (χ4n) is 4.91. The smallest absolute Gasteiger partial charge is 0.268 e. The van der Waals surface area contributed by atoms with Crippen LogP contribution in [0.25, 0.3) is 21.7 Å². The largest absolute Gasteiger partial charge is 0.348 e. The van der Waals surface area contributed by atoms with Gasteiger partial charge in [-0.2, -0.15) is 0 Å². The molecule has 1 fully saturated rings. The van der Waals surface area contributed by atoms with Crippen molar-refractivity contribution < 1.29 is 4.79 Å². The van der Waals surface area contributed by atoms with Crippen molar-refractivity contribution >= 4 is 27.6 Å². The summed E-state index contributed by atoms with van der Waals surface area (Å²) < 4.78 is 2.14. The maximum Gasteiger partial charge on any atom is 0.268 e. The number of amides is 1. The Kier molecular flexibility index (Phi) is 5.68. The maximum atomic E-state index is 13.4. The lowest BCUT2D eigenvalue weighted by Crippen LogP contribution is -2.41. The van der Waals surface area contributed by atoms with Crippen LogP contribution in [0.5, 0.6) is 0 Å². The molecule has 4 aromatic rings. The van der Waals surface area contributed by atoms with Gasteiger partial charge in [-0.15, -0.1) is 0 Å². The molecule has 164 valence electrons. The molecule has 1 saturated carbocycles. The predicted molar refractivity (Wildman–Crippen MR) is 131 cm³/mol. The van der Waals surface area contributed by atoms with E-state index in [4.69, 9.17) is 11.5 Å². The molecule has 1 heterocycles. The monoisotopic (exact) mass is 426 g/mol. The molecule has 5 rings (SSSR count). The van der Waals surface area contributed by atoms with Gasteiger partial charge in [0.2, 0.25) is 0 Å². The molecule has 5 N–H and O–H groups in total. The fraction of sp³-hybridized carbons (Fsp3) is 0.296. The Balaban J connectivity index is 1.55. The van der Waals surface area contributed by atoms with Crippen LogP contribution in [0.1, 0.15) is 47.3 Å². The number of aromatic nitrogens is 1. The lowest BCUT2D eigenvalue weighted by atomic mass is 9.92. The number of hydrogen-bond acceptors (Lipinski definition) is 3. The van der Waals surface area contributed by atoms with Crippen molar-refractivity contribution in [2.24, 2.45) is 11.5 Å². The van der Waals surface area contributed by atoms with Crippen molar-refractivity contribution in [3.8, 4) is 0 Å². The van der Waals surface area contributed by atoms with E-state index in [0.717, 1.165) is 42.1 Å². The van der Waals surface area contributed by atoms with Crippen molar-refractivity contribution in [1.29, 1.82) is 0 Å². The highest BCUT2D eigenvalue weighted by atomic mass is 16.2. The second-order valence-corrected chi connectivity index (χ2v) is 8.94. The first-order valence-electron chi connectivity index (χ1n) is 11.5. The van der Waals surface area contributed by atoms with Gasteiger partial charge in [0.25, 0.3) is 5.91 Å². The second kappa shape index (κ2) is 8.77. The molecule has 0 unspecified atom stereocenters. The Labute approximate surface area is 188 Å². The fourth-order valence-corrected chi connectivity index (χ4v) is 4.91. The van der Waals surface area contributed by atoms with E-state index < -0.39 is 0 Å². The molecule has 0 radical (unpaired) electrons. The van der Waals surface area contributed by atoms with Crippen molar-refractivity contribution in [3.63, 3.8) is 0 Å². The number of carbonyl (C=O) groups is 1. The Hall–Kier alpha value is -3.15. The minimum absolute atomic E-state index is 0.0174. The van der Waals surface area contributed by atoms with Crippen LogP contribution in [0, 0.1) is 0 Å². The van der Waals surface area contributed by atoms with Crippen LogP contribution in [0.3, 0.4) is 0 Å². The van der Waals surface area contributed by atoms with E-state index in [9.17, 15) is 4.79 Å². The third-order valence-corrected chi connectivity index (χ3v) is 6.75. The third kappa shape index (κ3) is 4.01. The summed E-state index contributed by atoms with van der Waals surface area (Å²) in [5.41, 5.74) is 15.9. The predicted octanol–water partition coefficient (Wildman–Crippen LogP) is 4.30. The number of benzene rings is 3. The van der Waals surface area contributed by atoms with E-state index in [1.54, 1.807) is 0 Å². The minimum Gasteiger partial charge on any atom is -0.348 e. The quantitative estimate of drug-likeness (QED) is 0.445. The molecule has 5 heteroatoms. The molecular formula is C27H30N4O. The van der Waals surface area contributed by atoms with Crippen LogP contribution in [0.4, 0.5) is 0 Å². The summed E-state index contributed by atoms with van der Waals surface area (Å²) in [5.74, 6) is -0.0174. The van der Waals surface area contributed by atoms with Gasteiger partial charge < -0.3 is 21.4 Å². The average Bonchev–Trinajstić information content (AvgIpc) is 3.18. The molecule has 32 heavy (non-hydrogen) atoms. The molecule has 1 aliphatic rings. The first-order valence-corrected chi connectivity index (χ1v) is 11.5. The molecule has 1 aliphatic carbocycles. The summed E-state index contributed by atoms with van der Waals surface area (Å²) >= 11 is 0. The van der Waals surface area contributed by atoms with Crippen LogP contribution >= 0.6 is 0 Å². The van der Waals surface area contributed by atoms with Gasteiger partial charge in [-0.3, -0.25) is 4.79 Å². The van der Waals surface area contributed by atoms with Gasteiger partial charge in [0.15, 0.2) is 0 Å². The first kappa shape index (κ1) is 20.7. The Bertz CT molecular complexity index is 1260. The van der Waals surface area contributed by atoms with Crippen molar-refractivity contribution in [2.75, 3.05) is 0 Å².